The standard InChI is InChI=1S/C12H16BrN3OS/c1-3-14-12(18)15-7-11(17)16-10-5-4-9(13)6-8(10)2/h4-6H,3,7H2,1-2H3,(H,16,17)(H2,14,15,18). The third-order valence-corrected chi connectivity index (χ3v) is 2.99. The van der Waals surface area contributed by atoms with Crippen LogP contribution < -0.4 is 16.0 Å². The normalized spacial score (nSPS) is 9.72. The van der Waals surface area contributed by atoms with Gasteiger partial charge in [-0.15, -0.1) is 0 Å². The molecule has 0 aliphatic carbocycles. The highest BCUT2D eigenvalue weighted by atomic mass is 79.9. The highest BCUT2D eigenvalue weighted by Gasteiger charge is 2.05. The summed E-state index contributed by atoms with van der Waals surface area (Å²) in [7, 11) is 0. The van der Waals surface area contributed by atoms with E-state index in [2.05, 4.69) is 31.9 Å². The molecule has 3 N–H and O–H groups in total. The first-order valence-corrected chi connectivity index (χ1v) is 6.80. The van der Waals surface area contributed by atoms with E-state index in [9.17, 15) is 4.79 Å². The molecule has 0 spiro atoms. The maximum atomic E-state index is 11.7. The maximum absolute atomic E-state index is 11.7. The van der Waals surface area contributed by atoms with Crippen LogP contribution in [0.1, 0.15) is 12.5 Å². The van der Waals surface area contributed by atoms with Crippen molar-refractivity contribution in [3.8, 4) is 0 Å². The minimum atomic E-state index is -0.124. The number of aryl methyl sites for hydroxylation is 1. The molecular formula is C12H16BrN3OS. The average molecular weight is 330 g/mol. The van der Waals surface area contributed by atoms with Gasteiger partial charge in [-0.05, 0) is 49.8 Å². The number of benzene rings is 1. The van der Waals surface area contributed by atoms with Crippen molar-refractivity contribution < 1.29 is 4.79 Å². The van der Waals surface area contributed by atoms with E-state index in [4.69, 9.17) is 12.2 Å². The molecule has 1 aromatic carbocycles. The van der Waals surface area contributed by atoms with Gasteiger partial charge in [0.05, 0.1) is 6.54 Å². The summed E-state index contributed by atoms with van der Waals surface area (Å²) in [6, 6.07) is 5.70. The van der Waals surface area contributed by atoms with Gasteiger partial charge in [0.25, 0.3) is 0 Å². The van der Waals surface area contributed by atoms with Gasteiger partial charge in [-0.25, -0.2) is 0 Å². The molecule has 0 atom stereocenters. The molecule has 18 heavy (non-hydrogen) atoms. The number of hydrogen-bond acceptors (Lipinski definition) is 2. The fourth-order valence-electron chi connectivity index (χ4n) is 1.35. The Hall–Kier alpha value is -1.14. The lowest BCUT2D eigenvalue weighted by Crippen LogP contribution is -2.39. The molecule has 6 heteroatoms. The number of carbonyl (C=O) groups excluding carboxylic acids is 1. The van der Waals surface area contributed by atoms with E-state index >= 15 is 0 Å². The average Bonchev–Trinajstić information content (AvgIpc) is 2.31. The highest BCUT2D eigenvalue weighted by molar-refractivity contribution is 9.10. The largest absolute Gasteiger partial charge is 0.363 e. The molecule has 0 bridgehead atoms. The minimum Gasteiger partial charge on any atom is -0.363 e. The molecule has 0 heterocycles. The molecule has 0 aliphatic rings. The van der Waals surface area contributed by atoms with Gasteiger partial charge in [0.2, 0.25) is 5.91 Å². The Morgan fingerprint density at radius 2 is 2.11 bits per heavy atom. The third-order valence-electron chi connectivity index (χ3n) is 2.21. The number of carbonyl (C=O) groups is 1. The van der Waals surface area contributed by atoms with E-state index in [1.54, 1.807) is 0 Å². The molecule has 0 fully saturated rings. The lowest BCUT2D eigenvalue weighted by Gasteiger charge is -2.11. The van der Waals surface area contributed by atoms with Crippen molar-refractivity contribution in [1.29, 1.82) is 0 Å². The lowest BCUT2D eigenvalue weighted by molar-refractivity contribution is -0.115. The second kappa shape index (κ2) is 7.33. The van der Waals surface area contributed by atoms with Crippen molar-refractivity contribution in [2.24, 2.45) is 0 Å². The number of amides is 1. The van der Waals surface area contributed by atoms with Gasteiger partial charge in [-0.2, -0.15) is 0 Å². The highest BCUT2D eigenvalue weighted by Crippen LogP contribution is 2.19. The van der Waals surface area contributed by atoms with E-state index in [1.807, 2.05) is 32.0 Å². The van der Waals surface area contributed by atoms with Gasteiger partial charge in [-0.3, -0.25) is 4.79 Å². The zero-order valence-corrected chi connectivity index (χ0v) is 12.7. The molecule has 98 valence electrons. The Morgan fingerprint density at radius 1 is 1.39 bits per heavy atom. The Labute approximate surface area is 121 Å². The molecule has 0 saturated carbocycles. The molecule has 0 aromatic heterocycles. The summed E-state index contributed by atoms with van der Waals surface area (Å²) in [5.41, 5.74) is 1.81. The monoisotopic (exact) mass is 329 g/mol. The van der Waals surface area contributed by atoms with E-state index in [1.165, 1.54) is 0 Å². The smallest absolute Gasteiger partial charge is 0.243 e. The van der Waals surface area contributed by atoms with Crippen LogP contribution >= 0.6 is 28.1 Å². The summed E-state index contributed by atoms with van der Waals surface area (Å²) in [5.74, 6) is -0.124. The Balaban J connectivity index is 2.47. The predicted octanol–water partition coefficient (Wildman–Crippen LogP) is 2.18. The zero-order valence-electron chi connectivity index (χ0n) is 10.3. The molecule has 1 aromatic rings. The van der Waals surface area contributed by atoms with Crippen LogP contribution in [0, 0.1) is 6.92 Å². The fourth-order valence-corrected chi connectivity index (χ4v) is 2.04. The fraction of sp³-hybridized carbons (Fsp3) is 0.333. The van der Waals surface area contributed by atoms with Crippen LogP contribution in [-0.2, 0) is 4.79 Å². The van der Waals surface area contributed by atoms with Gasteiger partial charge in [0.1, 0.15) is 0 Å². The Morgan fingerprint density at radius 3 is 2.72 bits per heavy atom. The molecule has 1 amide bonds. The first kappa shape index (κ1) is 14.9. The quantitative estimate of drug-likeness (QED) is 0.741. The molecule has 0 radical (unpaired) electrons. The molecule has 0 saturated heterocycles. The Bertz CT molecular complexity index is 451. The topological polar surface area (TPSA) is 53.2 Å². The maximum Gasteiger partial charge on any atom is 0.243 e. The number of thiocarbonyl (C=S) groups is 1. The summed E-state index contributed by atoms with van der Waals surface area (Å²) in [6.45, 7) is 4.77. The molecule has 0 aliphatic heterocycles. The minimum absolute atomic E-state index is 0.124. The van der Waals surface area contributed by atoms with Crippen molar-refractivity contribution in [3.05, 3.63) is 28.2 Å². The summed E-state index contributed by atoms with van der Waals surface area (Å²) in [6.07, 6.45) is 0. The van der Waals surface area contributed by atoms with Crippen molar-refractivity contribution in [1.82, 2.24) is 10.6 Å². The van der Waals surface area contributed by atoms with Gasteiger partial charge >= 0.3 is 0 Å². The van der Waals surface area contributed by atoms with Crippen LogP contribution in [0.3, 0.4) is 0 Å². The summed E-state index contributed by atoms with van der Waals surface area (Å²) < 4.78 is 0.990. The SMILES string of the molecule is CCNC(=S)NCC(=O)Nc1ccc(Br)cc1C. The van der Waals surface area contributed by atoms with E-state index < -0.39 is 0 Å². The van der Waals surface area contributed by atoms with Crippen LogP contribution in [0.4, 0.5) is 5.69 Å². The lowest BCUT2D eigenvalue weighted by atomic mass is 10.2. The predicted molar refractivity (Wildman–Crippen MR) is 81.8 cm³/mol. The number of hydrogen-bond donors (Lipinski definition) is 3. The van der Waals surface area contributed by atoms with Crippen molar-refractivity contribution >= 4 is 44.9 Å². The summed E-state index contributed by atoms with van der Waals surface area (Å²) in [4.78, 5) is 11.7. The van der Waals surface area contributed by atoms with Gasteiger partial charge in [0.15, 0.2) is 5.11 Å². The molecule has 0 unspecified atom stereocenters. The van der Waals surface area contributed by atoms with Crippen molar-refractivity contribution in [3.63, 3.8) is 0 Å². The van der Waals surface area contributed by atoms with E-state index in [-0.39, 0.29) is 12.5 Å². The summed E-state index contributed by atoms with van der Waals surface area (Å²) >= 11 is 8.35. The molecule has 1 rings (SSSR count). The number of rotatable bonds is 4. The van der Waals surface area contributed by atoms with Crippen molar-refractivity contribution in [2.45, 2.75) is 13.8 Å². The van der Waals surface area contributed by atoms with Crippen LogP contribution in [-0.4, -0.2) is 24.1 Å². The van der Waals surface area contributed by atoms with Gasteiger partial charge in [0, 0.05) is 16.7 Å². The van der Waals surface area contributed by atoms with E-state index in [0.717, 1.165) is 22.3 Å². The second-order valence-electron chi connectivity index (χ2n) is 3.72. The zero-order chi connectivity index (χ0) is 13.5. The van der Waals surface area contributed by atoms with E-state index in [0.29, 0.717) is 5.11 Å². The first-order chi connectivity index (χ1) is 8.52. The number of halogens is 1. The number of anilines is 1. The van der Waals surface area contributed by atoms with Gasteiger partial charge in [-0.1, -0.05) is 15.9 Å². The van der Waals surface area contributed by atoms with Gasteiger partial charge < -0.3 is 16.0 Å². The molecular weight excluding hydrogens is 314 g/mol. The van der Waals surface area contributed by atoms with Crippen LogP contribution in [0.5, 0.6) is 0 Å². The summed E-state index contributed by atoms with van der Waals surface area (Å²) in [5, 5.41) is 9.06. The molecule has 4 nitrogen and oxygen atoms in total. The van der Waals surface area contributed by atoms with Crippen LogP contribution in [0.15, 0.2) is 22.7 Å². The Kier molecular flexibility index (Phi) is 6.07. The van der Waals surface area contributed by atoms with Crippen LogP contribution in [0.2, 0.25) is 0 Å². The second-order valence-corrected chi connectivity index (χ2v) is 5.04. The first-order valence-electron chi connectivity index (χ1n) is 5.60. The van der Waals surface area contributed by atoms with Crippen molar-refractivity contribution in [2.75, 3.05) is 18.4 Å². The van der Waals surface area contributed by atoms with Crippen LogP contribution in [0.25, 0.3) is 0 Å². The third kappa shape index (κ3) is 5.01. The number of nitrogens with one attached hydrogen (secondary N) is 3.